The van der Waals surface area contributed by atoms with Crippen LogP contribution in [0.4, 0.5) is 0 Å². The molecular formula is C25H25IN2O7. The maximum absolute atomic E-state index is 12.9. The van der Waals surface area contributed by atoms with Gasteiger partial charge < -0.3 is 30.0 Å². The van der Waals surface area contributed by atoms with Crippen molar-refractivity contribution in [2.24, 2.45) is 0 Å². The molecule has 2 aromatic carbocycles. The van der Waals surface area contributed by atoms with Crippen molar-refractivity contribution in [3.05, 3.63) is 80.4 Å². The number of ether oxygens (including phenoxy) is 3. The van der Waals surface area contributed by atoms with E-state index in [0.717, 1.165) is 9.13 Å². The Morgan fingerprint density at radius 1 is 1.03 bits per heavy atom. The van der Waals surface area contributed by atoms with Gasteiger partial charge in [0.25, 0.3) is 5.91 Å². The SMILES string of the molecule is O=C(NCc1cccc(C(=O)NCCO)c1)C1=C[C@H]2OCO[C@H]2[C@H](OC(=O)c2ccc(I)cc2)C1. The molecule has 1 aliphatic heterocycles. The molecule has 1 saturated heterocycles. The predicted molar refractivity (Wildman–Crippen MR) is 133 cm³/mol. The molecule has 1 fully saturated rings. The van der Waals surface area contributed by atoms with Crippen molar-refractivity contribution in [1.82, 2.24) is 10.6 Å². The zero-order chi connectivity index (χ0) is 24.8. The molecule has 4 rings (SSSR count). The average Bonchev–Trinajstić information content (AvgIpc) is 3.35. The standard InChI is InChI=1S/C25H25IN2O7/c26-19-6-4-16(5-7-19)25(32)35-21-12-18(11-20-22(21)34-14-33-20)24(31)28-13-15-2-1-3-17(10-15)23(30)27-8-9-29/h1-7,10-11,20-22,29H,8-9,12-14H2,(H,27,30)(H,28,31)/t20-,21-,22-/m1/s1. The molecule has 184 valence electrons. The van der Waals surface area contributed by atoms with Gasteiger partial charge in [0.2, 0.25) is 5.91 Å². The number of hydrogen-bond acceptors (Lipinski definition) is 7. The van der Waals surface area contributed by atoms with Crippen LogP contribution in [0.5, 0.6) is 0 Å². The molecule has 10 heteroatoms. The number of carbonyl (C=O) groups is 3. The first-order chi connectivity index (χ1) is 16.9. The van der Waals surface area contributed by atoms with Crippen molar-refractivity contribution < 1.29 is 33.7 Å². The van der Waals surface area contributed by atoms with Crippen LogP contribution in [-0.4, -0.2) is 61.1 Å². The summed E-state index contributed by atoms with van der Waals surface area (Å²) < 4.78 is 17.9. The second-order valence-corrected chi connectivity index (χ2v) is 9.34. The van der Waals surface area contributed by atoms with Crippen LogP contribution < -0.4 is 10.6 Å². The fraction of sp³-hybridized carbons (Fsp3) is 0.320. The van der Waals surface area contributed by atoms with Gasteiger partial charge in [0.15, 0.2) is 0 Å². The highest BCUT2D eigenvalue weighted by Gasteiger charge is 2.42. The summed E-state index contributed by atoms with van der Waals surface area (Å²) in [5.74, 6) is -1.10. The van der Waals surface area contributed by atoms with Crippen molar-refractivity contribution >= 4 is 40.4 Å². The van der Waals surface area contributed by atoms with Crippen molar-refractivity contribution in [3.63, 3.8) is 0 Å². The maximum atomic E-state index is 12.9. The highest BCUT2D eigenvalue weighted by Crippen LogP contribution is 2.30. The molecule has 0 aromatic heterocycles. The Morgan fingerprint density at radius 3 is 2.60 bits per heavy atom. The molecule has 35 heavy (non-hydrogen) atoms. The van der Waals surface area contributed by atoms with E-state index in [1.807, 2.05) is 12.1 Å². The lowest BCUT2D eigenvalue weighted by molar-refractivity contribution is -0.118. The summed E-state index contributed by atoms with van der Waals surface area (Å²) in [7, 11) is 0. The second-order valence-electron chi connectivity index (χ2n) is 8.09. The number of aliphatic hydroxyl groups is 1. The van der Waals surface area contributed by atoms with Crippen LogP contribution in [0.15, 0.2) is 60.2 Å². The summed E-state index contributed by atoms with van der Waals surface area (Å²) in [5, 5.41) is 14.3. The minimum absolute atomic E-state index is 0.0590. The van der Waals surface area contributed by atoms with Gasteiger partial charge in [-0.2, -0.15) is 0 Å². The van der Waals surface area contributed by atoms with Crippen LogP contribution in [0.3, 0.4) is 0 Å². The lowest BCUT2D eigenvalue weighted by Gasteiger charge is -2.30. The predicted octanol–water partition coefficient (Wildman–Crippen LogP) is 1.93. The van der Waals surface area contributed by atoms with Gasteiger partial charge in [-0.3, -0.25) is 9.59 Å². The van der Waals surface area contributed by atoms with Crippen molar-refractivity contribution in [2.75, 3.05) is 19.9 Å². The topological polar surface area (TPSA) is 123 Å². The molecule has 2 aliphatic rings. The van der Waals surface area contributed by atoms with Gasteiger partial charge >= 0.3 is 5.97 Å². The van der Waals surface area contributed by atoms with Crippen LogP contribution in [-0.2, 0) is 25.5 Å². The smallest absolute Gasteiger partial charge is 0.338 e. The maximum Gasteiger partial charge on any atom is 0.338 e. The molecule has 0 bridgehead atoms. The number of benzene rings is 2. The van der Waals surface area contributed by atoms with Gasteiger partial charge in [-0.05, 0) is 70.6 Å². The van der Waals surface area contributed by atoms with E-state index in [0.29, 0.717) is 16.7 Å². The molecular weight excluding hydrogens is 567 g/mol. The number of fused-ring (bicyclic) bond motifs is 1. The Morgan fingerprint density at radius 2 is 1.83 bits per heavy atom. The van der Waals surface area contributed by atoms with Gasteiger partial charge in [0.05, 0.1) is 12.2 Å². The second kappa shape index (κ2) is 11.8. The molecule has 1 aliphatic carbocycles. The number of amides is 2. The fourth-order valence-corrected chi connectivity index (χ4v) is 4.27. The first-order valence-electron chi connectivity index (χ1n) is 11.1. The summed E-state index contributed by atoms with van der Waals surface area (Å²) in [5.41, 5.74) is 2.04. The highest BCUT2D eigenvalue weighted by molar-refractivity contribution is 14.1. The van der Waals surface area contributed by atoms with E-state index >= 15 is 0 Å². The van der Waals surface area contributed by atoms with Gasteiger partial charge in [-0.1, -0.05) is 12.1 Å². The third-order valence-electron chi connectivity index (χ3n) is 5.67. The van der Waals surface area contributed by atoms with E-state index in [1.54, 1.807) is 42.5 Å². The van der Waals surface area contributed by atoms with Crippen molar-refractivity contribution in [1.29, 1.82) is 0 Å². The number of esters is 1. The summed E-state index contributed by atoms with van der Waals surface area (Å²) in [4.78, 5) is 37.7. The number of halogens is 1. The number of aliphatic hydroxyl groups excluding tert-OH is 1. The zero-order valence-corrected chi connectivity index (χ0v) is 20.9. The Hall–Kier alpha value is -2.80. The van der Waals surface area contributed by atoms with E-state index in [1.165, 1.54) is 0 Å². The number of carbonyl (C=O) groups excluding carboxylic acids is 3. The molecule has 0 saturated carbocycles. The van der Waals surface area contributed by atoms with Gasteiger partial charge in [-0.15, -0.1) is 0 Å². The van der Waals surface area contributed by atoms with E-state index < -0.39 is 24.3 Å². The quantitative estimate of drug-likeness (QED) is 0.316. The molecule has 2 aromatic rings. The van der Waals surface area contributed by atoms with Crippen LogP contribution in [0.25, 0.3) is 0 Å². The lowest BCUT2D eigenvalue weighted by Crippen LogP contribution is -2.43. The van der Waals surface area contributed by atoms with E-state index in [4.69, 9.17) is 19.3 Å². The van der Waals surface area contributed by atoms with E-state index in [-0.39, 0.29) is 44.7 Å². The van der Waals surface area contributed by atoms with Crippen LogP contribution in [0.1, 0.15) is 32.7 Å². The summed E-state index contributed by atoms with van der Waals surface area (Å²) >= 11 is 2.16. The van der Waals surface area contributed by atoms with Crippen molar-refractivity contribution in [3.8, 4) is 0 Å². The Kier molecular flexibility index (Phi) is 8.50. The Labute approximate surface area is 216 Å². The van der Waals surface area contributed by atoms with Gasteiger partial charge in [0, 0.05) is 34.2 Å². The Balaban J connectivity index is 1.39. The lowest BCUT2D eigenvalue weighted by atomic mass is 9.91. The number of hydrogen-bond donors (Lipinski definition) is 3. The minimum Gasteiger partial charge on any atom is -0.456 e. The first kappa shape index (κ1) is 25.3. The fourth-order valence-electron chi connectivity index (χ4n) is 3.91. The molecule has 0 spiro atoms. The summed E-state index contributed by atoms with van der Waals surface area (Å²) in [6, 6.07) is 13.9. The number of nitrogens with one attached hydrogen (secondary N) is 2. The van der Waals surface area contributed by atoms with E-state index in [2.05, 4.69) is 33.2 Å². The molecule has 3 N–H and O–H groups in total. The average molecular weight is 592 g/mol. The molecule has 0 radical (unpaired) electrons. The zero-order valence-electron chi connectivity index (χ0n) is 18.7. The normalized spacial score (nSPS) is 21.0. The monoisotopic (exact) mass is 592 g/mol. The molecule has 0 unspecified atom stereocenters. The third kappa shape index (κ3) is 6.45. The summed E-state index contributed by atoms with van der Waals surface area (Å²) in [6.45, 7) is 0.282. The van der Waals surface area contributed by atoms with Crippen LogP contribution in [0.2, 0.25) is 0 Å². The minimum atomic E-state index is -0.668. The van der Waals surface area contributed by atoms with Gasteiger partial charge in [-0.25, -0.2) is 4.79 Å². The molecule has 3 atom stereocenters. The number of rotatable bonds is 8. The van der Waals surface area contributed by atoms with Crippen LogP contribution in [0, 0.1) is 3.57 Å². The Bertz CT molecular complexity index is 1120. The first-order valence-corrected chi connectivity index (χ1v) is 12.2. The highest BCUT2D eigenvalue weighted by atomic mass is 127. The van der Waals surface area contributed by atoms with Crippen LogP contribution >= 0.6 is 22.6 Å². The van der Waals surface area contributed by atoms with E-state index in [9.17, 15) is 14.4 Å². The molecule has 2 amide bonds. The largest absolute Gasteiger partial charge is 0.456 e. The molecule has 1 heterocycles. The molecule has 9 nitrogen and oxygen atoms in total. The third-order valence-corrected chi connectivity index (χ3v) is 6.39. The summed E-state index contributed by atoms with van der Waals surface area (Å²) in [6.07, 6.45) is 0.265. The van der Waals surface area contributed by atoms with Gasteiger partial charge in [0.1, 0.15) is 25.1 Å². The van der Waals surface area contributed by atoms with Crippen molar-refractivity contribution in [2.45, 2.75) is 31.3 Å².